The summed E-state index contributed by atoms with van der Waals surface area (Å²) < 4.78 is 5.47. The number of amides is 1. The van der Waals surface area contributed by atoms with Crippen LogP contribution in [0.5, 0.6) is 5.75 Å². The fraction of sp³-hybridized carbons (Fsp3) is 0.304. The fourth-order valence-corrected chi connectivity index (χ4v) is 4.38. The van der Waals surface area contributed by atoms with Crippen molar-refractivity contribution in [2.24, 2.45) is 5.92 Å². The lowest BCUT2D eigenvalue weighted by atomic mass is 10.1. The van der Waals surface area contributed by atoms with Crippen LogP contribution in [0.4, 0.5) is 5.69 Å². The maximum atomic E-state index is 12.5. The number of hydrogen-bond acceptors (Lipinski definition) is 5. The third-order valence-electron chi connectivity index (χ3n) is 5.11. The summed E-state index contributed by atoms with van der Waals surface area (Å²) in [5, 5.41) is 5.73. The van der Waals surface area contributed by atoms with Crippen LogP contribution in [-0.2, 0) is 0 Å². The summed E-state index contributed by atoms with van der Waals surface area (Å²) in [4.78, 5) is 19.4. The molecule has 0 bridgehead atoms. The molecule has 4 rings (SSSR count). The van der Waals surface area contributed by atoms with E-state index < -0.39 is 0 Å². The number of thiazole rings is 1. The van der Waals surface area contributed by atoms with Crippen molar-refractivity contribution in [2.45, 2.75) is 13.3 Å². The van der Waals surface area contributed by atoms with E-state index in [1.165, 1.54) is 17.0 Å². The Morgan fingerprint density at radius 1 is 1.21 bits per heavy atom. The molecular formula is C23H25N3O2S. The van der Waals surface area contributed by atoms with Crippen molar-refractivity contribution in [3.05, 3.63) is 65.7 Å². The zero-order valence-electron chi connectivity index (χ0n) is 16.5. The van der Waals surface area contributed by atoms with Gasteiger partial charge in [-0.25, -0.2) is 4.98 Å². The number of ether oxygens (including phenoxy) is 1. The minimum Gasteiger partial charge on any atom is -0.494 e. The van der Waals surface area contributed by atoms with Crippen LogP contribution in [0.15, 0.2) is 60.0 Å². The molecule has 0 spiro atoms. The summed E-state index contributed by atoms with van der Waals surface area (Å²) >= 11 is 1.48. The Morgan fingerprint density at radius 3 is 2.76 bits per heavy atom. The van der Waals surface area contributed by atoms with Crippen molar-refractivity contribution in [3.63, 3.8) is 0 Å². The molecule has 2 heterocycles. The monoisotopic (exact) mass is 407 g/mol. The van der Waals surface area contributed by atoms with Gasteiger partial charge in [-0.1, -0.05) is 18.2 Å². The summed E-state index contributed by atoms with van der Waals surface area (Å²) in [6, 6.07) is 18.2. The number of nitrogens with zero attached hydrogens (tertiary/aromatic N) is 2. The van der Waals surface area contributed by atoms with Crippen molar-refractivity contribution in [1.29, 1.82) is 0 Å². The molecular weight excluding hydrogens is 382 g/mol. The van der Waals surface area contributed by atoms with Crippen LogP contribution in [0.2, 0.25) is 0 Å². The molecule has 1 aliphatic heterocycles. The van der Waals surface area contributed by atoms with Crippen LogP contribution in [0.25, 0.3) is 10.6 Å². The van der Waals surface area contributed by atoms with Crippen molar-refractivity contribution in [3.8, 4) is 16.3 Å². The predicted octanol–water partition coefficient (Wildman–Crippen LogP) is 4.47. The molecule has 6 heteroatoms. The van der Waals surface area contributed by atoms with Crippen molar-refractivity contribution in [2.75, 3.05) is 31.1 Å². The standard InChI is InChI=1S/C23H25N3O2S/c1-2-28-20-10-8-18(9-11-20)23-25-21(16-29-23)22(27)24-14-17-12-13-26(15-17)19-6-4-3-5-7-19/h3-11,16-17H,2,12-15H2,1H3,(H,24,27). The molecule has 1 N–H and O–H groups in total. The Bertz CT molecular complexity index is 940. The minimum atomic E-state index is -0.100. The van der Waals surface area contributed by atoms with Gasteiger partial charge in [0.25, 0.3) is 5.91 Å². The lowest BCUT2D eigenvalue weighted by Crippen LogP contribution is -2.31. The van der Waals surface area contributed by atoms with Gasteiger partial charge < -0.3 is 15.0 Å². The van der Waals surface area contributed by atoms with Crippen molar-refractivity contribution in [1.82, 2.24) is 10.3 Å². The van der Waals surface area contributed by atoms with Crippen LogP contribution >= 0.6 is 11.3 Å². The molecule has 1 unspecified atom stereocenters. The van der Waals surface area contributed by atoms with Crippen LogP contribution in [0, 0.1) is 5.92 Å². The molecule has 0 aliphatic carbocycles. The smallest absolute Gasteiger partial charge is 0.270 e. The number of nitrogens with one attached hydrogen (secondary N) is 1. The molecule has 1 atom stereocenters. The van der Waals surface area contributed by atoms with Crippen molar-refractivity contribution >= 4 is 22.9 Å². The van der Waals surface area contributed by atoms with Crippen LogP contribution in [0.3, 0.4) is 0 Å². The molecule has 1 aliphatic rings. The second kappa shape index (κ2) is 9.09. The summed E-state index contributed by atoms with van der Waals surface area (Å²) in [6.07, 6.45) is 1.09. The zero-order valence-corrected chi connectivity index (χ0v) is 17.3. The maximum absolute atomic E-state index is 12.5. The molecule has 0 saturated carbocycles. The topological polar surface area (TPSA) is 54.5 Å². The quantitative estimate of drug-likeness (QED) is 0.628. The van der Waals surface area contributed by atoms with E-state index in [-0.39, 0.29) is 5.91 Å². The van der Waals surface area contributed by atoms with Gasteiger partial charge in [-0.2, -0.15) is 0 Å². The number of carbonyl (C=O) groups is 1. The second-order valence-electron chi connectivity index (χ2n) is 7.14. The average Bonchev–Trinajstić information content (AvgIpc) is 3.44. The summed E-state index contributed by atoms with van der Waals surface area (Å²) in [7, 11) is 0. The third-order valence-corrected chi connectivity index (χ3v) is 6.00. The van der Waals surface area contributed by atoms with E-state index in [1.807, 2.05) is 42.6 Å². The van der Waals surface area contributed by atoms with Gasteiger partial charge >= 0.3 is 0 Å². The molecule has 1 fully saturated rings. The van der Waals surface area contributed by atoms with Gasteiger partial charge in [-0.15, -0.1) is 11.3 Å². The van der Waals surface area contributed by atoms with E-state index in [9.17, 15) is 4.79 Å². The molecule has 150 valence electrons. The number of aromatic nitrogens is 1. The molecule has 29 heavy (non-hydrogen) atoms. The largest absolute Gasteiger partial charge is 0.494 e. The molecule has 3 aromatic rings. The minimum absolute atomic E-state index is 0.100. The first kappa shape index (κ1) is 19.5. The summed E-state index contributed by atoms with van der Waals surface area (Å²) in [5.41, 5.74) is 2.73. The molecule has 2 aromatic carbocycles. The normalized spacial score (nSPS) is 16.0. The molecule has 1 aromatic heterocycles. The first-order chi connectivity index (χ1) is 14.2. The van der Waals surface area contributed by atoms with E-state index in [4.69, 9.17) is 4.74 Å². The van der Waals surface area contributed by atoms with Gasteiger partial charge in [0.15, 0.2) is 0 Å². The number of rotatable bonds is 7. The van der Waals surface area contributed by atoms with Crippen LogP contribution in [0.1, 0.15) is 23.8 Å². The molecule has 1 amide bonds. The van der Waals surface area contributed by atoms with Crippen LogP contribution < -0.4 is 15.0 Å². The number of para-hydroxylation sites is 1. The van der Waals surface area contributed by atoms with Gasteiger partial charge in [0, 0.05) is 36.3 Å². The highest BCUT2D eigenvalue weighted by Crippen LogP contribution is 2.26. The highest BCUT2D eigenvalue weighted by Gasteiger charge is 2.23. The third kappa shape index (κ3) is 4.77. The van der Waals surface area contributed by atoms with Gasteiger partial charge in [0.1, 0.15) is 16.5 Å². The first-order valence-corrected chi connectivity index (χ1v) is 10.9. The summed E-state index contributed by atoms with van der Waals surface area (Å²) in [6.45, 7) is 5.29. The number of carbonyl (C=O) groups excluding carboxylic acids is 1. The predicted molar refractivity (Wildman–Crippen MR) is 118 cm³/mol. The van der Waals surface area contributed by atoms with Crippen molar-refractivity contribution < 1.29 is 9.53 Å². The Labute approximate surface area is 175 Å². The molecule has 1 saturated heterocycles. The zero-order chi connectivity index (χ0) is 20.1. The van der Waals surface area contributed by atoms with E-state index in [1.54, 1.807) is 0 Å². The van der Waals surface area contributed by atoms with E-state index >= 15 is 0 Å². The Morgan fingerprint density at radius 2 is 2.00 bits per heavy atom. The van der Waals surface area contributed by atoms with E-state index in [2.05, 4.69) is 39.5 Å². The van der Waals surface area contributed by atoms with Gasteiger partial charge in [-0.3, -0.25) is 4.79 Å². The van der Waals surface area contributed by atoms with Gasteiger partial charge in [0.05, 0.1) is 6.61 Å². The highest BCUT2D eigenvalue weighted by atomic mass is 32.1. The SMILES string of the molecule is CCOc1ccc(-c2nc(C(=O)NCC3CCN(c4ccccc4)C3)cs2)cc1. The number of anilines is 1. The lowest BCUT2D eigenvalue weighted by molar-refractivity contribution is 0.0944. The Hall–Kier alpha value is -2.86. The highest BCUT2D eigenvalue weighted by molar-refractivity contribution is 7.13. The lowest BCUT2D eigenvalue weighted by Gasteiger charge is -2.18. The second-order valence-corrected chi connectivity index (χ2v) is 8.00. The maximum Gasteiger partial charge on any atom is 0.270 e. The fourth-order valence-electron chi connectivity index (χ4n) is 3.57. The summed E-state index contributed by atoms with van der Waals surface area (Å²) in [5.74, 6) is 1.20. The van der Waals surface area contributed by atoms with Crippen LogP contribution in [-0.4, -0.2) is 37.1 Å². The van der Waals surface area contributed by atoms with Gasteiger partial charge in [-0.05, 0) is 55.7 Å². The van der Waals surface area contributed by atoms with E-state index in [0.717, 1.165) is 35.8 Å². The number of benzene rings is 2. The van der Waals surface area contributed by atoms with Gasteiger partial charge in [0.2, 0.25) is 0 Å². The van der Waals surface area contributed by atoms with E-state index in [0.29, 0.717) is 24.8 Å². The Kier molecular flexibility index (Phi) is 6.10. The average molecular weight is 408 g/mol. The number of hydrogen-bond donors (Lipinski definition) is 1. The Balaban J connectivity index is 1.30. The molecule has 0 radical (unpaired) electrons. The first-order valence-electron chi connectivity index (χ1n) is 10.00. The molecule has 5 nitrogen and oxygen atoms in total.